The number of aromatic nitrogens is 8. The number of fused-ring (bicyclic) bond motifs is 2. The first kappa shape index (κ1) is 67.2. The van der Waals surface area contributed by atoms with Crippen LogP contribution >= 0.6 is 15.0 Å². The number of ether oxygens (including phenoxy) is 5. The van der Waals surface area contributed by atoms with E-state index in [2.05, 4.69) is 57.4 Å². The van der Waals surface area contributed by atoms with Gasteiger partial charge in [0.15, 0.2) is 67.0 Å². The van der Waals surface area contributed by atoms with Crippen LogP contribution in [0.1, 0.15) is 77.1 Å². The van der Waals surface area contributed by atoms with E-state index in [1.54, 1.807) is 79.5 Å². The summed E-state index contributed by atoms with van der Waals surface area (Å²) in [6, 6.07) is 43.6. The Morgan fingerprint density at radius 2 is 1.16 bits per heavy atom. The molecule has 2 saturated heterocycles. The number of nitriles is 1. The number of rotatable bonds is 26. The van der Waals surface area contributed by atoms with Crippen LogP contribution < -0.4 is 20.1 Å². The number of hydrogen-bond acceptors (Lipinski definition) is 21. The summed E-state index contributed by atoms with van der Waals surface area (Å²) < 4.78 is 98.2. The second-order valence-corrected chi connectivity index (χ2v) is 31.7. The molecule has 488 valence electrons. The van der Waals surface area contributed by atoms with Crippen LogP contribution in [0.3, 0.4) is 0 Å². The first-order valence-electron chi connectivity index (χ1n) is 29.7. The van der Waals surface area contributed by atoms with E-state index in [9.17, 15) is 24.3 Å². The van der Waals surface area contributed by atoms with Crippen LogP contribution in [0.4, 0.5) is 16.0 Å². The van der Waals surface area contributed by atoms with E-state index < -0.39 is 101 Å². The number of nitrogens with one attached hydrogen (secondary N) is 2. The number of amides is 2. The molecule has 0 bridgehead atoms. The smallest absolute Gasteiger partial charge is 0.497 e. The van der Waals surface area contributed by atoms with Crippen LogP contribution in [0.25, 0.3) is 22.3 Å². The van der Waals surface area contributed by atoms with Crippen LogP contribution in [0.2, 0.25) is 18.1 Å². The summed E-state index contributed by atoms with van der Waals surface area (Å²) in [5, 5.41) is 15.1. The van der Waals surface area contributed by atoms with Gasteiger partial charge in [-0.2, -0.15) is 5.26 Å². The van der Waals surface area contributed by atoms with Crippen LogP contribution in [0.15, 0.2) is 165 Å². The number of carbonyl (C=O) groups is 2. The largest absolute Gasteiger partial charge is 0.695 e. The summed E-state index contributed by atoms with van der Waals surface area (Å²) in [5.74, 6) is 0.379. The molecule has 0 spiro atoms. The molecule has 4 aromatic heterocycles. The zero-order valence-corrected chi connectivity index (χ0v) is 55.6. The molecule has 2 unspecified atom stereocenters. The van der Waals surface area contributed by atoms with Crippen molar-refractivity contribution in [1.29, 1.82) is 5.26 Å². The molecule has 10 atom stereocenters. The summed E-state index contributed by atoms with van der Waals surface area (Å²) in [5.41, 5.74) is 1.97. The molecule has 0 saturated carbocycles. The fraction of sp³-hybridized carbons (Fsp3) is 0.328. The van der Waals surface area contributed by atoms with Gasteiger partial charge >= 0.3 is 15.0 Å². The predicted octanol–water partition coefficient (Wildman–Crippen LogP) is 11.3. The quantitative estimate of drug-likeness (QED) is 0.0196. The zero-order valence-electron chi connectivity index (χ0n) is 52.0. The summed E-state index contributed by atoms with van der Waals surface area (Å²) in [6.07, 6.45) is -7.01. The average Bonchev–Trinajstić information content (AvgIpc) is 1.41. The molecule has 30 heteroatoms. The van der Waals surface area contributed by atoms with E-state index in [4.69, 9.17) is 68.0 Å². The van der Waals surface area contributed by atoms with Gasteiger partial charge < -0.3 is 47.8 Å². The molecule has 5 aromatic carbocycles. The Balaban J connectivity index is 0.998. The third-order valence-electron chi connectivity index (χ3n) is 16.5. The van der Waals surface area contributed by atoms with Crippen molar-refractivity contribution >= 4 is 80.9 Å². The topological polar surface area (TPSA) is 299 Å². The molecular formula is C64H67FN11O14P2SSi+. The van der Waals surface area contributed by atoms with Gasteiger partial charge in [-0.25, -0.2) is 34.3 Å². The van der Waals surface area contributed by atoms with Crippen molar-refractivity contribution in [2.45, 2.75) is 100 Å². The molecule has 6 heterocycles. The maximum atomic E-state index is 17.3. The highest BCUT2D eigenvalue weighted by Crippen LogP contribution is 2.56. The van der Waals surface area contributed by atoms with Gasteiger partial charge in [0.05, 0.1) is 59.2 Å². The van der Waals surface area contributed by atoms with E-state index in [-0.39, 0.29) is 53.6 Å². The number of hydrogen-bond donors (Lipinski definition) is 3. The zero-order chi connectivity index (χ0) is 66.4. The molecule has 94 heavy (non-hydrogen) atoms. The lowest BCUT2D eigenvalue weighted by Crippen LogP contribution is -2.49. The molecule has 2 amide bonds. The number of alkyl halides is 1. The van der Waals surface area contributed by atoms with Crippen LogP contribution in [-0.4, -0.2) is 135 Å². The lowest BCUT2D eigenvalue weighted by atomic mass is 9.80. The van der Waals surface area contributed by atoms with Gasteiger partial charge in [0.25, 0.3) is 11.8 Å². The number of methoxy groups -OCH3 is 2. The van der Waals surface area contributed by atoms with Gasteiger partial charge in [0, 0.05) is 15.7 Å². The molecule has 25 nitrogen and oxygen atoms in total. The molecule has 2 aliphatic heterocycles. The SMILES string of the molecule is COc1ccc(C(OC[C@H]2O[C@@H](n3cnc4c(NC(=O)c5ccccc5)ncnc43)[C@H](O[Si](C)(C)C(C)(C)C)[C@@H]2OP(=S)(OCCC#N)OC[C@H]2O[C@@H](n3cnc4c(NC(=O)c5ccccc5)ncnc43)[C@H](O[P+](=O)O)[C@@H]2F)(c2ccccc2)c2ccc(OC)cc2)cc1. The fourth-order valence-corrected chi connectivity index (χ4v) is 14.6. The van der Waals surface area contributed by atoms with Gasteiger partial charge in [0.2, 0.25) is 0 Å². The minimum atomic E-state index is -4.35. The Hall–Kier alpha value is -8.23. The Morgan fingerprint density at radius 1 is 0.681 bits per heavy atom. The molecule has 0 aliphatic carbocycles. The van der Waals surface area contributed by atoms with Crippen molar-refractivity contribution in [2.75, 3.05) is 44.7 Å². The standard InChI is InChI=1S/C64H66FN11O14P2SSi/c1-63(2,3)94(6,7)90-54-52(89-92(93,84-33-17-32-66)85-35-47-49(65)53(88-91(79)80)61(86-47)75-38-71-50-55(67-36-69-57(50)75)73-59(77)40-18-11-8-12-19-40)48(87-62(54)76-39-72-51-56(68-37-70-58(51)76)74-60(78)41-20-13-9-14-21-41)34-83-64(42-22-15-10-16-23-42,43-24-28-45(81-4)29-25-43)44-26-30-46(82-5)31-27-44/h8-16,18-31,36-39,47-49,52-54,61-62H,17,33-35H2,1-7H3,(H2-,67,68,69,70,73,74,77,78,79,80)/p+1/t47-,48-,49-,52-,53-,54-,61-,62-,92?/m1/s1. The van der Waals surface area contributed by atoms with Gasteiger partial charge in [-0.1, -0.05) is 112 Å². The lowest BCUT2D eigenvalue weighted by molar-refractivity contribution is -0.0937. The first-order valence-corrected chi connectivity index (χ1v) is 36.3. The molecule has 0 radical (unpaired) electrons. The Bertz CT molecular complexity index is 4190. The van der Waals surface area contributed by atoms with Crippen molar-refractivity contribution in [2.24, 2.45) is 0 Å². The van der Waals surface area contributed by atoms with E-state index >= 15 is 4.39 Å². The van der Waals surface area contributed by atoms with Gasteiger partial charge in [-0.15, -0.1) is 9.42 Å². The van der Waals surface area contributed by atoms with Crippen molar-refractivity contribution in [1.82, 2.24) is 39.0 Å². The highest BCUT2D eigenvalue weighted by atomic mass is 32.5. The third kappa shape index (κ3) is 14.2. The van der Waals surface area contributed by atoms with Crippen molar-refractivity contribution in [3.05, 3.63) is 193 Å². The summed E-state index contributed by atoms with van der Waals surface area (Å²) in [6.45, 7) is 4.60. The second kappa shape index (κ2) is 28.8. The van der Waals surface area contributed by atoms with Crippen LogP contribution in [0, 0.1) is 11.3 Å². The minimum Gasteiger partial charge on any atom is -0.497 e. The average molecular weight is 1360 g/mol. The summed E-state index contributed by atoms with van der Waals surface area (Å²) in [7, 11) is -3.28. The summed E-state index contributed by atoms with van der Waals surface area (Å²) in [4.78, 5) is 64.0. The van der Waals surface area contributed by atoms with Crippen LogP contribution in [-0.2, 0) is 58.7 Å². The van der Waals surface area contributed by atoms with E-state index in [0.29, 0.717) is 33.8 Å². The molecule has 2 fully saturated rings. The lowest BCUT2D eigenvalue weighted by Gasteiger charge is -2.41. The third-order valence-corrected chi connectivity index (χ3v) is 23.8. The highest BCUT2D eigenvalue weighted by molar-refractivity contribution is 8.07. The van der Waals surface area contributed by atoms with Gasteiger partial charge in [0.1, 0.15) is 54.2 Å². The second-order valence-electron chi connectivity index (χ2n) is 23.3. The van der Waals surface area contributed by atoms with Crippen molar-refractivity contribution < 1.29 is 69.6 Å². The predicted molar refractivity (Wildman–Crippen MR) is 348 cm³/mol. The van der Waals surface area contributed by atoms with Gasteiger partial charge in [-0.3, -0.25) is 23.2 Å². The highest BCUT2D eigenvalue weighted by Gasteiger charge is 2.56. The number of benzene rings is 5. The monoisotopic (exact) mass is 1350 g/mol. The van der Waals surface area contributed by atoms with E-state index in [1.807, 2.05) is 92.0 Å². The van der Waals surface area contributed by atoms with Gasteiger partial charge in [-0.05, 0) is 95.2 Å². The maximum absolute atomic E-state index is 17.3. The molecular weight excluding hydrogens is 1290 g/mol. The van der Waals surface area contributed by atoms with Crippen LogP contribution in [0.5, 0.6) is 11.5 Å². The molecule has 2 aliphatic rings. The fourth-order valence-electron chi connectivity index (χ4n) is 10.8. The van der Waals surface area contributed by atoms with E-state index in [0.717, 1.165) is 11.9 Å². The Labute approximate surface area is 547 Å². The Kier molecular flexibility index (Phi) is 20.6. The molecule has 9 aromatic rings. The number of nitrogens with zero attached hydrogens (tertiary/aromatic N) is 9. The maximum Gasteiger partial charge on any atom is 0.695 e. The number of imidazole rings is 2. The van der Waals surface area contributed by atoms with Crippen molar-refractivity contribution in [3.63, 3.8) is 0 Å². The normalized spacial score (nSPS) is 20.7. The first-order chi connectivity index (χ1) is 45.2. The number of anilines is 2. The molecule has 11 rings (SSSR count). The minimum absolute atomic E-state index is 0.0156. The summed E-state index contributed by atoms with van der Waals surface area (Å²) >= 11 is 6.38. The number of carbonyl (C=O) groups excluding carboxylic acids is 2. The Morgan fingerprint density at radius 3 is 1.64 bits per heavy atom. The number of halogens is 1. The van der Waals surface area contributed by atoms with E-state index in [1.165, 1.54) is 23.5 Å². The van der Waals surface area contributed by atoms with Crippen molar-refractivity contribution in [3.8, 4) is 17.6 Å². The molecule has 3 N–H and O–H groups in total.